The van der Waals surface area contributed by atoms with Crippen molar-refractivity contribution in [3.05, 3.63) is 0 Å². The molecule has 4 unspecified atom stereocenters. The van der Waals surface area contributed by atoms with E-state index in [9.17, 15) is 14.4 Å². The maximum atomic E-state index is 12.2. The normalized spacial score (nSPS) is 16.0. The fraction of sp³-hybridized carbons (Fsp3) is 0.824. The van der Waals surface area contributed by atoms with E-state index in [1.54, 1.807) is 13.8 Å². The van der Waals surface area contributed by atoms with Gasteiger partial charge in [-0.25, -0.2) is 0 Å². The van der Waals surface area contributed by atoms with Gasteiger partial charge in [0.05, 0.1) is 30.5 Å². The van der Waals surface area contributed by atoms with Gasteiger partial charge in [0.15, 0.2) is 0 Å². The summed E-state index contributed by atoms with van der Waals surface area (Å²) in [5.74, 6) is -4.40. The van der Waals surface area contributed by atoms with Crippen molar-refractivity contribution in [1.82, 2.24) is 0 Å². The molecule has 0 amide bonds. The summed E-state index contributed by atoms with van der Waals surface area (Å²) in [7, 11) is 0. The van der Waals surface area contributed by atoms with E-state index in [1.165, 1.54) is 6.92 Å². The van der Waals surface area contributed by atoms with Crippen molar-refractivity contribution in [2.45, 2.75) is 78.9 Å². The predicted octanol–water partition coefficient (Wildman–Crippen LogP) is 3.18. The monoisotopic (exact) mass is 330 g/mol. The molecule has 0 fully saturated rings. The lowest BCUT2D eigenvalue weighted by Gasteiger charge is -2.22. The summed E-state index contributed by atoms with van der Waals surface area (Å²) >= 11 is 0. The van der Waals surface area contributed by atoms with E-state index in [1.807, 2.05) is 13.8 Å². The lowest BCUT2D eigenvalue weighted by molar-refractivity contribution is -0.166. The molecule has 1 N–H and O–H groups in total. The van der Waals surface area contributed by atoms with Crippen molar-refractivity contribution < 1.29 is 29.0 Å². The van der Waals surface area contributed by atoms with Gasteiger partial charge in [-0.15, -0.1) is 0 Å². The second kappa shape index (κ2) is 11.0. The van der Waals surface area contributed by atoms with Crippen LogP contribution in [0.25, 0.3) is 0 Å². The van der Waals surface area contributed by atoms with E-state index in [-0.39, 0.29) is 18.6 Å². The Morgan fingerprint density at radius 3 is 1.83 bits per heavy atom. The topological polar surface area (TPSA) is 89.9 Å². The van der Waals surface area contributed by atoms with Crippen LogP contribution in [0.15, 0.2) is 0 Å². The fourth-order valence-electron chi connectivity index (χ4n) is 2.30. The highest BCUT2D eigenvalue weighted by Gasteiger charge is 2.35. The Kier molecular flexibility index (Phi) is 10.3. The average Bonchev–Trinajstić information content (AvgIpc) is 2.44. The lowest BCUT2D eigenvalue weighted by Crippen LogP contribution is -2.34. The maximum absolute atomic E-state index is 12.2. The molecule has 0 aliphatic rings. The highest BCUT2D eigenvalue weighted by Crippen LogP contribution is 2.21. The van der Waals surface area contributed by atoms with E-state index < -0.39 is 29.7 Å². The predicted molar refractivity (Wildman–Crippen MR) is 85.8 cm³/mol. The number of carboxylic acids is 1. The zero-order valence-electron chi connectivity index (χ0n) is 14.8. The van der Waals surface area contributed by atoms with Crippen LogP contribution in [0.1, 0.15) is 66.7 Å². The van der Waals surface area contributed by atoms with Gasteiger partial charge in [0.25, 0.3) is 0 Å². The summed E-state index contributed by atoms with van der Waals surface area (Å²) in [6.07, 6.45) is 2.32. The highest BCUT2D eigenvalue weighted by molar-refractivity contribution is 5.85. The van der Waals surface area contributed by atoms with Crippen LogP contribution in [-0.4, -0.2) is 35.2 Å². The van der Waals surface area contributed by atoms with Crippen LogP contribution in [0.2, 0.25) is 0 Å². The van der Waals surface area contributed by atoms with Gasteiger partial charge >= 0.3 is 17.9 Å². The highest BCUT2D eigenvalue weighted by atomic mass is 16.6. The first kappa shape index (κ1) is 21.4. The van der Waals surface area contributed by atoms with Crippen LogP contribution < -0.4 is 0 Å². The van der Waals surface area contributed by atoms with Crippen molar-refractivity contribution in [3.8, 4) is 0 Å². The van der Waals surface area contributed by atoms with Crippen molar-refractivity contribution in [2.24, 2.45) is 11.8 Å². The molecule has 0 aliphatic carbocycles. The van der Waals surface area contributed by atoms with Gasteiger partial charge in [-0.2, -0.15) is 0 Å². The van der Waals surface area contributed by atoms with Gasteiger partial charge in [-0.05, 0) is 26.7 Å². The number of carbonyl (C=O) groups is 3. The Morgan fingerprint density at radius 2 is 1.39 bits per heavy atom. The molecule has 4 atom stereocenters. The number of esters is 2. The number of carboxylic acid groups (broad SMARTS) is 1. The summed E-state index contributed by atoms with van der Waals surface area (Å²) in [4.78, 5) is 35.4. The van der Waals surface area contributed by atoms with Crippen LogP contribution in [0.4, 0.5) is 0 Å². The van der Waals surface area contributed by atoms with Crippen molar-refractivity contribution in [3.63, 3.8) is 0 Å². The minimum absolute atomic E-state index is 0.247. The smallest absolute Gasteiger partial charge is 0.310 e. The molecule has 6 heteroatoms. The molecule has 0 rings (SSSR count). The third-order valence-corrected chi connectivity index (χ3v) is 3.72. The molecule has 23 heavy (non-hydrogen) atoms. The summed E-state index contributed by atoms with van der Waals surface area (Å²) < 4.78 is 10.5. The fourth-order valence-corrected chi connectivity index (χ4v) is 2.30. The first-order valence-corrected chi connectivity index (χ1v) is 8.35. The Morgan fingerprint density at radius 1 is 0.913 bits per heavy atom. The molecule has 0 aliphatic heterocycles. The maximum Gasteiger partial charge on any atom is 0.310 e. The third-order valence-electron chi connectivity index (χ3n) is 3.72. The van der Waals surface area contributed by atoms with Crippen LogP contribution in [0.5, 0.6) is 0 Å². The third kappa shape index (κ3) is 8.57. The molecule has 0 saturated carbocycles. The van der Waals surface area contributed by atoms with Crippen LogP contribution >= 0.6 is 0 Å². The zero-order valence-corrected chi connectivity index (χ0v) is 14.8. The number of aliphatic carboxylic acids is 1. The van der Waals surface area contributed by atoms with E-state index in [0.717, 1.165) is 19.3 Å². The first-order chi connectivity index (χ1) is 10.7. The number of rotatable bonds is 11. The molecular weight excluding hydrogens is 300 g/mol. The quantitative estimate of drug-likeness (QED) is 0.585. The SMILES string of the molecule is CCCC(C)OC(=O)CC(C(=O)OC(C)CCC)C(C)C(=O)O. The molecule has 0 aromatic heterocycles. The Balaban J connectivity index is 4.84. The molecule has 0 aromatic carbocycles. The van der Waals surface area contributed by atoms with Gasteiger partial charge in [-0.1, -0.05) is 33.6 Å². The molecular formula is C17H30O6. The van der Waals surface area contributed by atoms with Crippen LogP contribution in [-0.2, 0) is 23.9 Å². The largest absolute Gasteiger partial charge is 0.481 e. The second-order valence-electron chi connectivity index (χ2n) is 6.06. The van der Waals surface area contributed by atoms with Crippen LogP contribution in [0, 0.1) is 11.8 Å². The minimum atomic E-state index is -1.13. The second-order valence-corrected chi connectivity index (χ2v) is 6.06. The van der Waals surface area contributed by atoms with E-state index >= 15 is 0 Å². The Hall–Kier alpha value is -1.59. The summed E-state index contributed by atoms with van der Waals surface area (Å²) in [6.45, 7) is 8.88. The number of carbonyl (C=O) groups excluding carboxylic acids is 2. The van der Waals surface area contributed by atoms with Gasteiger partial charge in [-0.3, -0.25) is 14.4 Å². The molecule has 0 bridgehead atoms. The molecule has 0 saturated heterocycles. The van der Waals surface area contributed by atoms with E-state index in [4.69, 9.17) is 14.6 Å². The van der Waals surface area contributed by atoms with Crippen molar-refractivity contribution in [2.75, 3.05) is 0 Å². The standard InChI is InChI=1S/C17H30O6/c1-6-8-11(3)22-15(18)10-14(13(5)16(19)20)17(21)23-12(4)9-7-2/h11-14H,6-10H2,1-5H3,(H,19,20). The lowest BCUT2D eigenvalue weighted by atomic mass is 9.91. The Bertz CT molecular complexity index is 393. The van der Waals surface area contributed by atoms with Crippen LogP contribution in [0.3, 0.4) is 0 Å². The molecule has 0 radical (unpaired) electrons. The first-order valence-electron chi connectivity index (χ1n) is 8.35. The summed E-state index contributed by atoms with van der Waals surface area (Å²) in [5.41, 5.74) is 0. The molecule has 0 spiro atoms. The molecule has 134 valence electrons. The summed E-state index contributed by atoms with van der Waals surface area (Å²) in [6, 6.07) is 0. The van der Waals surface area contributed by atoms with E-state index in [0.29, 0.717) is 6.42 Å². The van der Waals surface area contributed by atoms with Gasteiger partial charge in [0, 0.05) is 0 Å². The molecule has 0 heterocycles. The van der Waals surface area contributed by atoms with Gasteiger partial charge in [0.1, 0.15) is 0 Å². The van der Waals surface area contributed by atoms with Crippen molar-refractivity contribution >= 4 is 17.9 Å². The Labute approximate surface area is 138 Å². The van der Waals surface area contributed by atoms with Crippen molar-refractivity contribution in [1.29, 1.82) is 0 Å². The number of hydrogen-bond donors (Lipinski definition) is 1. The zero-order chi connectivity index (χ0) is 18.0. The molecule has 0 aromatic rings. The number of hydrogen-bond acceptors (Lipinski definition) is 5. The summed E-state index contributed by atoms with van der Waals surface area (Å²) in [5, 5.41) is 9.16. The van der Waals surface area contributed by atoms with Gasteiger partial charge in [0.2, 0.25) is 0 Å². The van der Waals surface area contributed by atoms with E-state index in [2.05, 4.69) is 0 Å². The van der Waals surface area contributed by atoms with Gasteiger partial charge < -0.3 is 14.6 Å². The minimum Gasteiger partial charge on any atom is -0.481 e. The average molecular weight is 330 g/mol. The molecule has 6 nitrogen and oxygen atoms in total. The number of ether oxygens (including phenoxy) is 2.